The van der Waals surface area contributed by atoms with E-state index < -0.39 is 0 Å². The highest BCUT2D eigenvalue weighted by atomic mass is 16.5. The molecule has 6 nitrogen and oxygen atoms in total. The summed E-state index contributed by atoms with van der Waals surface area (Å²) in [6.07, 6.45) is 2.22. The first-order valence-corrected chi connectivity index (χ1v) is 4.76. The highest BCUT2D eigenvalue weighted by Gasteiger charge is 2.07. The van der Waals surface area contributed by atoms with Gasteiger partial charge in [0.25, 0.3) is 5.91 Å². The Labute approximate surface area is 88.2 Å². The summed E-state index contributed by atoms with van der Waals surface area (Å²) in [5.74, 6) is -0.169. The van der Waals surface area contributed by atoms with Crippen molar-refractivity contribution in [1.29, 1.82) is 0 Å². The van der Waals surface area contributed by atoms with Crippen LogP contribution in [-0.2, 0) is 4.74 Å². The third kappa shape index (κ3) is 4.09. The van der Waals surface area contributed by atoms with Crippen molar-refractivity contribution in [3.05, 3.63) is 18.0 Å². The van der Waals surface area contributed by atoms with Crippen LogP contribution in [0.4, 0.5) is 0 Å². The standard InChI is InChI=1S/C9H16N4O2/c1-15-6-7(10)2-4-11-9(14)8-3-5-12-13-8/h3,5,7H,2,4,6,10H2,1H3,(H,11,14)(H,12,13). The van der Waals surface area contributed by atoms with E-state index in [0.717, 1.165) is 0 Å². The van der Waals surface area contributed by atoms with Crippen molar-refractivity contribution in [3.8, 4) is 0 Å². The molecule has 0 bridgehead atoms. The molecule has 1 rings (SSSR count). The van der Waals surface area contributed by atoms with E-state index in [1.54, 1.807) is 13.2 Å². The predicted molar refractivity (Wildman–Crippen MR) is 55.4 cm³/mol. The summed E-state index contributed by atoms with van der Waals surface area (Å²) in [4.78, 5) is 11.4. The fourth-order valence-corrected chi connectivity index (χ4v) is 1.15. The molecule has 0 aliphatic carbocycles. The number of amides is 1. The van der Waals surface area contributed by atoms with Crippen LogP contribution in [-0.4, -0.2) is 42.4 Å². The van der Waals surface area contributed by atoms with Crippen molar-refractivity contribution >= 4 is 5.91 Å². The zero-order valence-corrected chi connectivity index (χ0v) is 8.69. The van der Waals surface area contributed by atoms with Gasteiger partial charge in [-0.25, -0.2) is 0 Å². The van der Waals surface area contributed by atoms with Gasteiger partial charge < -0.3 is 15.8 Å². The van der Waals surface area contributed by atoms with Crippen LogP contribution in [0.1, 0.15) is 16.9 Å². The molecule has 15 heavy (non-hydrogen) atoms. The van der Waals surface area contributed by atoms with Gasteiger partial charge in [-0.05, 0) is 12.5 Å². The molecule has 1 aromatic heterocycles. The minimum absolute atomic E-state index is 0.0444. The molecule has 0 aromatic carbocycles. The molecular formula is C9H16N4O2. The maximum atomic E-state index is 11.4. The number of nitrogens with zero attached hydrogens (tertiary/aromatic N) is 1. The Morgan fingerprint density at radius 1 is 1.80 bits per heavy atom. The molecule has 0 fully saturated rings. The Morgan fingerprint density at radius 2 is 2.60 bits per heavy atom. The van der Waals surface area contributed by atoms with Gasteiger partial charge in [-0.15, -0.1) is 0 Å². The summed E-state index contributed by atoms with van der Waals surface area (Å²) in [5, 5.41) is 9.00. The number of hydrogen-bond donors (Lipinski definition) is 3. The summed E-state index contributed by atoms with van der Waals surface area (Å²) >= 11 is 0. The fraction of sp³-hybridized carbons (Fsp3) is 0.556. The predicted octanol–water partition coefficient (Wildman–Crippen LogP) is -0.497. The smallest absolute Gasteiger partial charge is 0.269 e. The molecule has 4 N–H and O–H groups in total. The van der Waals surface area contributed by atoms with Gasteiger partial charge in [0, 0.05) is 25.9 Å². The van der Waals surface area contributed by atoms with Gasteiger partial charge >= 0.3 is 0 Å². The molecular weight excluding hydrogens is 196 g/mol. The lowest BCUT2D eigenvalue weighted by molar-refractivity contribution is 0.0945. The summed E-state index contributed by atoms with van der Waals surface area (Å²) in [6.45, 7) is 1.03. The Hall–Kier alpha value is -1.40. The van der Waals surface area contributed by atoms with Crippen molar-refractivity contribution in [2.75, 3.05) is 20.3 Å². The molecule has 1 atom stereocenters. The Bertz CT molecular complexity index is 286. The summed E-state index contributed by atoms with van der Waals surface area (Å²) < 4.78 is 4.88. The lowest BCUT2D eigenvalue weighted by atomic mass is 10.2. The van der Waals surface area contributed by atoms with Gasteiger partial charge in [0.2, 0.25) is 0 Å². The van der Waals surface area contributed by atoms with Crippen LogP contribution in [0.2, 0.25) is 0 Å². The van der Waals surface area contributed by atoms with Gasteiger partial charge in [0.15, 0.2) is 0 Å². The Balaban J connectivity index is 2.18. The number of H-pyrrole nitrogens is 1. The number of nitrogens with two attached hydrogens (primary N) is 1. The van der Waals surface area contributed by atoms with E-state index in [0.29, 0.717) is 25.3 Å². The number of carbonyl (C=O) groups excluding carboxylic acids is 1. The second-order valence-corrected chi connectivity index (χ2v) is 3.23. The van der Waals surface area contributed by atoms with E-state index in [4.69, 9.17) is 10.5 Å². The normalized spacial score (nSPS) is 12.4. The lowest BCUT2D eigenvalue weighted by Crippen LogP contribution is -2.33. The number of carbonyl (C=O) groups is 1. The molecule has 6 heteroatoms. The van der Waals surface area contributed by atoms with Gasteiger partial charge in [-0.1, -0.05) is 0 Å². The van der Waals surface area contributed by atoms with Gasteiger partial charge in [-0.2, -0.15) is 5.10 Å². The van der Waals surface area contributed by atoms with Crippen LogP contribution < -0.4 is 11.1 Å². The zero-order valence-electron chi connectivity index (χ0n) is 8.69. The second-order valence-electron chi connectivity index (χ2n) is 3.23. The Morgan fingerprint density at radius 3 is 3.20 bits per heavy atom. The van der Waals surface area contributed by atoms with Crippen molar-refractivity contribution in [3.63, 3.8) is 0 Å². The van der Waals surface area contributed by atoms with Gasteiger partial charge in [-0.3, -0.25) is 9.89 Å². The topological polar surface area (TPSA) is 93.0 Å². The number of aromatic nitrogens is 2. The van der Waals surface area contributed by atoms with Crippen molar-refractivity contribution in [1.82, 2.24) is 15.5 Å². The van der Waals surface area contributed by atoms with E-state index in [-0.39, 0.29) is 11.9 Å². The summed E-state index contributed by atoms with van der Waals surface area (Å²) in [6, 6.07) is 1.57. The summed E-state index contributed by atoms with van der Waals surface area (Å²) in [5.41, 5.74) is 6.15. The maximum absolute atomic E-state index is 11.4. The van der Waals surface area contributed by atoms with Crippen LogP contribution in [0.5, 0.6) is 0 Å². The van der Waals surface area contributed by atoms with Crippen LogP contribution in [0.3, 0.4) is 0 Å². The molecule has 0 aliphatic rings. The highest BCUT2D eigenvalue weighted by Crippen LogP contribution is 1.92. The number of hydrogen-bond acceptors (Lipinski definition) is 4. The molecule has 0 radical (unpaired) electrons. The lowest BCUT2D eigenvalue weighted by Gasteiger charge is -2.10. The molecule has 84 valence electrons. The van der Waals surface area contributed by atoms with Crippen molar-refractivity contribution in [2.45, 2.75) is 12.5 Å². The van der Waals surface area contributed by atoms with E-state index in [1.807, 2.05) is 0 Å². The van der Waals surface area contributed by atoms with E-state index in [1.165, 1.54) is 6.20 Å². The number of methoxy groups -OCH3 is 1. The number of rotatable bonds is 6. The summed E-state index contributed by atoms with van der Waals surface area (Å²) in [7, 11) is 1.60. The van der Waals surface area contributed by atoms with E-state index >= 15 is 0 Å². The average Bonchev–Trinajstić information content (AvgIpc) is 2.70. The molecule has 1 amide bonds. The van der Waals surface area contributed by atoms with Crippen LogP contribution in [0.25, 0.3) is 0 Å². The quantitative estimate of drug-likeness (QED) is 0.593. The van der Waals surface area contributed by atoms with Crippen molar-refractivity contribution in [2.24, 2.45) is 5.73 Å². The molecule has 0 saturated heterocycles. The van der Waals surface area contributed by atoms with E-state index in [9.17, 15) is 4.79 Å². The first-order chi connectivity index (χ1) is 7.24. The molecule has 0 spiro atoms. The van der Waals surface area contributed by atoms with Crippen LogP contribution in [0, 0.1) is 0 Å². The zero-order chi connectivity index (χ0) is 11.1. The van der Waals surface area contributed by atoms with Crippen LogP contribution >= 0.6 is 0 Å². The molecule has 1 heterocycles. The van der Waals surface area contributed by atoms with Crippen LogP contribution in [0.15, 0.2) is 12.3 Å². The third-order valence-electron chi connectivity index (χ3n) is 1.93. The number of ether oxygens (including phenoxy) is 1. The molecule has 1 aromatic rings. The Kier molecular flexibility index (Phi) is 4.79. The van der Waals surface area contributed by atoms with Gasteiger partial charge in [0.05, 0.1) is 6.61 Å². The number of aromatic amines is 1. The average molecular weight is 212 g/mol. The second kappa shape index (κ2) is 6.15. The monoisotopic (exact) mass is 212 g/mol. The minimum Gasteiger partial charge on any atom is -0.383 e. The molecule has 1 unspecified atom stereocenters. The fourth-order valence-electron chi connectivity index (χ4n) is 1.15. The van der Waals surface area contributed by atoms with Crippen molar-refractivity contribution < 1.29 is 9.53 Å². The largest absolute Gasteiger partial charge is 0.383 e. The van der Waals surface area contributed by atoms with Gasteiger partial charge in [0.1, 0.15) is 5.69 Å². The SMILES string of the molecule is COCC(N)CCNC(=O)c1ccn[nH]1. The van der Waals surface area contributed by atoms with E-state index in [2.05, 4.69) is 15.5 Å². The first kappa shape index (κ1) is 11.7. The number of nitrogens with one attached hydrogen (secondary N) is 2. The third-order valence-corrected chi connectivity index (χ3v) is 1.93. The first-order valence-electron chi connectivity index (χ1n) is 4.76. The minimum atomic E-state index is -0.169. The maximum Gasteiger partial charge on any atom is 0.269 e. The molecule has 0 saturated carbocycles. The molecule has 0 aliphatic heterocycles. The highest BCUT2D eigenvalue weighted by molar-refractivity contribution is 5.91.